The molecule has 0 aliphatic heterocycles. The first-order valence-corrected chi connectivity index (χ1v) is 5.18. The molecule has 0 amide bonds. The average Bonchev–Trinajstić information content (AvgIpc) is 2.26. The fourth-order valence-electron chi connectivity index (χ4n) is 1.44. The number of nitrogens with one attached hydrogen (secondary N) is 1. The van der Waals surface area contributed by atoms with Gasteiger partial charge >= 0.3 is 0 Å². The highest BCUT2D eigenvalue weighted by Crippen LogP contribution is 2.16. The van der Waals surface area contributed by atoms with Crippen molar-refractivity contribution in [2.75, 3.05) is 7.11 Å². The molecule has 0 aromatic heterocycles. The Kier molecular flexibility index (Phi) is 4.58. The number of methoxy groups -OCH3 is 1. The molecule has 1 aromatic rings. The summed E-state index contributed by atoms with van der Waals surface area (Å²) in [5, 5.41) is 3.17. The minimum absolute atomic E-state index is 0.0463. The van der Waals surface area contributed by atoms with Gasteiger partial charge in [0.05, 0.1) is 7.11 Å². The second-order valence-electron chi connectivity index (χ2n) is 3.60. The Balaban J connectivity index is 2.64. The molecule has 86 valence electrons. The second kappa shape index (κ2) is 5.95. The van der Waals surface area contributed by atoms with E-state index >= 15 is 0 Å². The molecule has 0 saturated heterocycles. The Morgan fingerprint density at radius 2 is 2.06 bits per heavy atom. The number of hydrogen-bond donors (Lipinski definition) is 1. The van der Waals surface area contributed by atoms with E-state index in [0.717, 1.165) is 17.0 Å². The van der Waals surface area contributed by atoms with Crippen molar-refractivity contribution in [1.82, 2.24) is 5.32 Å². The van der Waals surface area contributed by atoms with Crippen LogP contribution in [0.3, 0.4) is 0 Å². The lowest BCUT2D eigenvalue weighted by Crippen LogP contribution is -2.12. The van der Waals surface area contributed by atoms with Gasteiger partial charge in [-0.15, -0.1) is 0 Å². The first-order chi connectivity index (χ1) is 7.63. The van der Waals surface area contributed by atoms with Gasteiger partial charge in [0, 0.05) is 17.8 Å². The zero-order chi connectivity index (χ0) is 12.0. The molecule has 0 unspecified atom stereocenters. The van der Waals surface area contributed by atoms with Gasteiger partial charge in [-0.1, -0.05) is 18.2 Å². The van der Waals surface area contributed by atoms with Crippen LogP contribution in [-0.2, 0) is 11.3 Å². The van der Waals surface area contributed by atoms with Crippen molar-refractivity contribution in [1.29, 1.82) is 0 Å². The molecule has 0 heterocycles. The molecule has 0 radical (unpaired) electrons. The van der Waals surface area contributed by atoms with E-state index in [2.05, 4.69) is 5.32 Å². The third-order valence-electron chi connectivity index (χ3n) is 2.17. The summed E-state index contributed by atoms with van der Waals surface area (Å²) in [6.45, 7) is 4.06. The summed E-state index contributed by atoms with van der Waals surface area (Å²) >= 11 is 0. The number of allylic oxidation sites excluding steroid dienone is 2. The second-order valence-corrected chi connectivity index (χ2v) is 3.60. The zero-order valence-corrected chi connectivity index (χ0v) is 9.91. The largest absolute Gasteiger partial charge is 0.496 e. The summed E-state index contributed by atoms with van der Waals surface area (Å²) in [7, 11) is 1.65. The molecular weight excluding hydrogens is 202 g/mol. The van der Waals surface area contributed by atoms with E-state index in [-0.39, 0.29) is 5.78 Å². The van der Waals surface area contributed by atoms with E-state index in [4.69, 9.17) is 4.74 Å². The Labute approximate surface area is 96.1 Å². The van der Waals surface area contributed by atoms with Crippen molar-refractivity contribution in [3.63, 3.8) is 0 Å². The summed E-state index contributed by atoms with van der Waals surface area (Å²) in [6, 6.07) is 7.80. The topological polar surface area (TPSA) is 38.3 Å². The Morgan fingerprint density at radius 1 is 1.38 bits per heavy atom. The van der Waals surface area contributed by atoms with Crippen molar-refractivity contribution in [3.05, 3.63) is 41.6 Å². The van der Waals surface area contributed by atoms with E-state index in [1.165, 1.54) is 6.92 Å². The lowest BCUT2D eigenvalue weighted by molar-refractivity contribution is -0.112. The minimum atomic E-state index is 0.0463. The van der Waals surface area contributed by atoms with E-state index < -0.39 is 0 Å². The van der Waals surface area contributed by atoms with Gasteiger partial charge in [-0.25, -0.2) is 0 Å². The van der Waals surface area contributed by atoms with Crippen LogP contribution in [0.25, 0.3) is 0 Å². The van der Waals surface area contributed by atoms with E-state index in [9.17, 15) is 4.79 Å². The normalized spacial score (nSPS) is 11.1. The van der Waals surface area contributed by atoms with E-state index in [1.54, 1.807) is 13.2 Å². The summed E-state index contributed by atoms with van der Waals surface area (Å²) in [4.78, 5) is 10.8. The van der Waals surface area contributed by atoms with Crippen molar-refractivity contribution >= 4 is 5.78 Å². The molecule has 1 N–H and O–H groups in total. The van der Waals surface area contributed by atoms with Gasteiger partial charge in [0.1, 0.15) is 5.75 Å². The Bertz CT molecular complexity index is 397. The lowest BCUT2D eigenvalue weighted by Gasteiger charge is -2.10. The minimum Gasteiger partial charge on any atom is -0.496 e. The van der Waals surface area contributed by atoms with Crippen LogP contribution >= 0.6 is 0 Å². The SMILES string of the molecule is COc1ccccc1CNC(C)=CC(C)=O. The van der Waals surface area contributed by atoms with Crippen molar-refractivity contribution < 1.29 is 9.53 Å². The highest BCUT2D eigenvalue weighted by atomic mass is 16.5. The van der Waals surface area contributed by atoms with Gasteiger partial charge in [0.25, 0.3) is 0 Å². The number of hydrogen-bond acceptors (Lipinski definition) is 3. The predicted molar refractivity (Wildman–Crippen MR) is 64.3 cm³/mol. The first kappa shape index (κ1) is 12.3. The molecule has 1 rings (SSSR count). The lowest BCUT2D eigenvalue weighted by atomic mass is 10.2. The fourth-order valence-corrected chi connectivity index (χ4v) is 1.44. The van der Waals surface area contributed by atoms with Crippen LogP contribution in [0, 0.1) is 0 Å². The van der Waals surface area contributed by atoms with Crippen molar-refractivity contribution in [3.8, 4) is 5.75 Å². The quantitative estimate of drug-likeness (QED) is 0.772. The fraction of sp³-hybridized carbons (Fsp3) is 0.308. The third-order valence-corrected chi connectivity index (χ3v) is 2.17. The standard InChI is InChI=1S/C13H17NO2/c1-10(8-11(2)15)14-9-12-6-4-5-7-13(12)16-3/h4-8,14H,9H2,1-3H3. The van der Waals surface area contributed by atoms with Crippen LogP contribution in [0.15, 0.2) is 36.0 Å². The van der Waals surface area contributed by atoms with Crippen molar-refractivity contribution in [2.24, 2.45) is 0 Å². The number of ketones is 1. The van der Waals surface area contributed by atoms with Crippen molar-refractivity contribution in [2.45, 2.75) is 20.4 Å². The highest BCUT2D eigenvalue weighted by Gasteiger charge is 2.00. The molecular formula is C13H17NO2. The Hall–Kier alpha value is -1.77. The van der Waals surface area contributed by atoms with Crippen LogP contribution in [0.2, 0.25) is 0 Å². The third kappa shape index (κ3) is 3.77. The molecule has 0 bridgehead atoms. The number of benzene rings is 1. The maximum absolute atomic E-state index is 10.8. The van der Waals surface area contributed by atoms with Gasteiger partial charge in [-0.05, 0) is 26.0 Å². The monoisotopic (exact) mass is 219 g/mol. The number of carbonyl (C=O) groups is 1. The highest BCUT2D eigenvalue weighted by molar-refractivity contribution is 5.87. The smallest absolute Gasteiger partial charge is 0.154 e. The van der Waals surface area contributed by atoms with Gasteiger partial charge in [0.2, 0.25) is 0 Å². The maximum Gasteiger partial charge on any atom is 0.154 e. The van der Waals surface area contributed by atoms with E-state index in [0.29, 0.717) is 6.54 Å². The number of para-hydroxylation sites is 1. The number of ether oxygens (including phenoxy) is 1. The molecule has 0 spiro atoms. The molecule has 0 aliphatic carbocycles. The van der Waals surface area contributed by atoms with Gasteiger partial charge in [0.15, 0.2) is 5.78 Å². The number of rotatable bonds is 5. The summed E-state index contributed by atoms with van der Waals surface area (Å²) < 4.78 is 5.23. The van der Waals surface area contributed by atoms with Crippen LogP contribution in [0.1, 0.15) is 19.4 Å². The molecule has 0 atom stereocenters. The molecule has 0 aliphatic rings. The van der Waals surface area contributed by atoms with Crippen LogP contribution in [0.5, 0.6) is 5.75 Å². The average molecular weight is 219 g/mol. The molecule has 3 nitrogen and oxygen atoms in total. The predicted octanol–water partition coefficient (Wildman–Crippen LogP) is 2.28. The summed E-state index contributed by atoms with van der Waals surface area (Å²) in [6.07, 6.45) is 1.58. The molecule has 0 fully saturated rings. The Morgan fingerprint density at radius 3 is 2.69 bits per heavy atom. The van der Waals surface area contributed by atoms with E-state index in [1.807, 2.05) is 31.2 Å². The van der Waals surface area contributed by atoms with Gasteiger partial charge < -0.3 is 10.1 Å². The summed E-state index contributed by atoms with van der Waals surface area (Å²) in [5.74, 6) is 0.899. The van der Waals surface area contributed by atoms with Crippen LogP contribution < -0.4 is 10.1 Å². The molecule has 16 heavy (non-hydrogen) atoms. The molecule has 0 saturated carbocycles. The van der Waals surface area contributed by atoms with Crippen LogP contribution in [-0.4, -0.2) is 12.9 Å². The van der Waals surface area contributed by atoms with Gasteiger partial charge in [-0.2, -0.15) is 0 Å². The maximum atomic E-state index is 10.8. The van der Waals surface area contributed by atoms with Gasteiger partial charge in [-0.3, -0.25) is 4.79 Å². The number of carbonyl (C=O) groups excluding carboxylic acids is 1. The first-order valence-electron chi connectivity index (χ1n) is 5.18. The zero-order valence-electron chi connectivity index (χ0n) is 9.91. The summed E-state index contributed by atoms with van der Waals surface area (Å²) in [5.41, 5.74) is 1.93. The molecule has 1 aromatic carbocycles. The molecule has 3 heteroatoms. The van der Waals surface area contributed by atoms with Crippen LogP contribution in [0.4, 0.5) is 0 Å².